The summed E-state index contributed by atoms with van der Waals surface area (Å²) in [7, 11) is -4.67. The Kier molecular flexibility index (Phi) is 7.89. The second kappa shape index (κ2) is 8.46. The quantitative estimate of drug-likeness (QED) is 0.385. The van der Waals surface area contributed by atoms with Crippen LogP contribution in [0.25, 0.3) is 0 Å². The second-order valence-electron chi connectivity index (χ2n) is 6.08. The van der Waals surface area contributed by atoms with E-state index in [4.69, 9.17) is 17.5 Å². The van der Waals surface area contributed by atoms with E-state index in [1.807, 2.05) is 27.7 Å². The van der Waals surface area contributed by atoms with Crippen molar-refractivity contribution in [2.75, 3.05) is 26.2 Å². The van der Waals surface area contributed by atoms with E-state index in [-0.39, 0.29) is 5.48 Å². The molecule has 140 valence electrons. The van der Waals surface area contributed by atoms with E-state index in [2.05, 4.69) is 30.8 Å². The molecule has 0 fully saturated rings. The average Bonchev–Trinajstić information content (AvgIpc) is 3.07. The van der Waals surface area contributed by atoms with Crippen LogP contribution in [0.15, 0.2) is 20.2 Å². The van der Waals surface area contributed by atoms with E-state index >= 15 is 0 Å². The molecular weight excluding hydrogens is 340 g/mol. The molecule has 0 amide bonds. The fourth-order valence-corrected chi connectivity index (χ4v) is 1.96. The number of hydrogen-bond acceptors (Lipinski definition) is 8. The SMILES string of the molecule is CC(C)(N=NC(C)(C)C1=NCCN1)C1=NCCN1.O.O=S(=O)(O)O. The van der Waals surface area contributed by atoms with Crippen LogP contribution in [0.1, 0.15) is 27.7 Å². The minimum absolute atomic E-state index is 0. The molecule has 0 radical (unpaired) electrons. The molecule has 2 aliphatic heterocycles. The van der Waals surface area contributed by atoms with Gasteiger partial charge in [-0.2, -0.15) is 18.6 Å². The summed E-state index contributed by atoms with van der Waals surface area (Å²) < 4.78 is 31.6. The van der Waals surface area contributed by atoms with Crippen LogP contribution >= 0.6 is 0 Å². The van der Waals surface area contributed by atoms with Crippen LogP contribution in [0, 0.1) is 0 Å². The summed E-state index contributed by atoms with van der Waals surface area (Å²) in [6.07, 6.45) is 0. The third-order valence-electron chi connectivity index (χ3n) is 3.06. The molecule has 2 aliphatic rings. The largest absolute Gasteiger partial charge is 0.412 e. The van der Waals surface area contributed by atoms with Crippen molar-refractivity contribution in [2.45, 2.75) is 38.8 Å². The van der Waals surface area contributed by atoms with Crippen molar-refractivity contribution in [3.8, 4) is 0 Å². The lowest BCUT2D eigenvalue weighted by Crippen LogP contribution is -2.41. The molecule has 0 aliphatic carbocycles. The van der Waals surface area contributed by atoms with Gasteiger partial charge < -0.3 is 16.1 Å². The maximum Gasteiger partial charge on any atom is 0.394 e. The maximum atomic E-state index is 8.74. The number of azo groups is 1. The van der Waals surface area contributed by atoms with Crippen LogP contribution in [-0.4, -0.2) is 71.9 Å². The van der Waals surface area contributed by atoms with Gasteiger partial charge in [-0.15, -0.1) is 0 Å². The number of hydrogen-bond donors (Lipinski definition) is 4. The molecule has 0 unspecified atom stereocenters. The van der Waals surface area contributed by atoms with Crippen molar-refractivity contribution in [3.05, 3.63) is 0 Å². The molecule has 24 heavy (non-hydrogen) atoms. The lowest BCUT2D eigenvalue weighted by molar-refractivity contribution is 0.381. The number of nitrogens with one attached hydrogen (secondary N) is 2. The van der Waals surface area contributed by atoms with Crippen molar-refractivity contribution in [1.82, 2.24) is 10.6 Å². The number of amidine groups is 2. The highest BCUT2D eigenvalue weighted by Gasteiger charge is 2.31. The van der Waals surface area contributed by atoms with Crippen LogP contribution in [0.3, 0.4) is 0 Å². The van der Waals surface area contributed by atoms with Gasteiger partial charge in [0.1, 0.15) is 22.7 Å². The van der Waals surface area contributed by atoms with E-state index in [0.717, 1.165) is 37.9 Å². The van der Waals surface area contributed by atoms with Crippen molar-refractivity contribution >= 4 is 22.1 Å². The average molecular weight is 366 g/mol. The molecule has 0 saturated heterocycles. The molecule has 11 nitrogen and oxygen atoms in total. The molecule has 2 rings (SSSR count). The zero-order chi connectivity index (χ0) is 17.7. The Labute approximate surface area is 141 Å². The van der Waals surface area contributed by atoms with Gasteiger partial charge in [-0.3, -0.25) is 19.1 Å². The summed E-state index contributed by atoms with van der Waals surface area (Å²) in [5, 5.41) is 15.4. The molecule has 0 saturated carbocycles. The van der Waals surface area contributed by atoms with Gasteiger partial charge >= 0.3 is 10.4 Å². The summed E-state index contributed by atoms with van der Waals surface area (Å²) in [6.45, 7) is 11.5. The van der Waals surface area contributed by atoms with Crippen molar-refractivity contribution in [3.63, 3.8) is 0 Å². The van der Waals surface area contributed by atoms with Crippen molar-refractivity contribution in [2.24, 2.45) is 20.2 Å². The smallest absolute Gasteiger partial charge is 0.394 e. The van der Waals surface area contributed by atoms with Gasteiger partial charge in [0, 0.05) is 13.1 Å². The van der Waals surface area contributed by atoms with Gasteiger partial charge in [0.25, 0.3) is 0 Å². The van der Waals surface area contributed by atoms with Gasteiger partial charge in [-0.1, -0.05) is 0 Å². The summed E-state index contributed by atoms with van der Waals surface area (Å²) in [6, 6.07) is 0. The van der Waals surface area contributed by atoms with Gasteiger partial charge in [0.2, 0.25) is 0 Å². The Balaban J connectivity index is 0.000000777. The predicted octanol–water partition coefficient (Wildman–Crippen LogP) is -0.478. The number of aliphatic imine (C=N–C) groups is 2. The summed E-state index contributed by atoms with van der Waals surface area (Å²) in [5.74, 6) is 1.84. The third kappa shape index (κ3) is 7.77. The zero-order valence-electron chi connectivity index (χ0n) is 14.2. The van der Waals surface area contributed by atoms with E-state index in [1.54, 1.807) is 0 Å². The van der Waals surface area contributed by atoms with E-state index < -0.39 is 21.5 Å². The van der Waals surface area contributed by atoms with E-state index in [9.17, 15) is 0 Å². The third-order valence-corrected chi connectivity index (χ3v) is 3.06. The van der Waals surface area contributed by atoms with E-state index in [1.165, 1.54) is 0 Å². The van der Waals surface area contributed by atoms with Crippen molar-refractivity contribution < 1.29 is 23.0 Å². The number of rotatable bonds is 4. The van der Waals surface area contributed by atoms with Gasteiger partial charge in [0.05, 0.1) is 13.1 Å². The summed E-state index contributed by atoms with van der Waals surface area (Å²) in [5.41, 5.74) is -0.792. The van der Waals surface area contributed by atoms with Crippen LogP contribution < -0.4 is 10.6 Å². The minimum Gasteiger partial charge on any atom is -0.412 e. The molecular formula is C12H26N6O5S. The second-order valence-corrected chi connectivity index (χ2v) is 6.98. The normalized spacial score (nSPS) is 17.9. The zero-order valence-corrected chi connectivity index (χ0v) is 15.1. The topological polar surface area (TPSA) is 180 Å². The molecule has 0 atom stereocenters. The molecule has 0 spiro atoms. The summed E-state index contributed by atoms with van der Waals surface area (Å²) in [4.78, 5) is 8.82. The highest BCUT2D eigenvalue weighted by molar-refractivity contribution is 7.79. The molecule has 2 heterocycles. The first-order valence-electron chi connectivity index (χ1n) is 7.13. The molecule has 0 aromatic carbocycles. The monoisotopic (exact) mass is 366 g/mol. The Hall–Kier alpha value is -1.63. The van der Waals surface area contributed by atoms with Gasteiger partial charge in [0.15, 0.2) is 0 Å². The highest BCUT2D eigenvalue weighted by atomic mass is 32.3. The lowest BCUT2D eigenvalue weighted by Gasteiger charge is -2.23. The van der Waals surface area contributed by atoms with Crippen LogP contribution in [-0.2, 0) is 10.4 Å². The fourth-order valence-electron chi connectivity index (χ4n) is 1.96. The van der Waals surface area contributed by atoms with Gasteiger partial charge in [-0.05, 0) is 27.7 Å². The Bertz CT molecular complexity index is 565. The predicted molar refractivity (Wildman–Crippen MR) is 91.4 cm³/mol. The molecule has 0 aromatic rings. The summed E-state index contributed by atoms with van der Waals surface area (Å²) >= 11 is 0. The standard InChI is InChI=1S/C12H22N6.H2O4S.H2O/c1-11(2,9-13-5-6-14-9)17-18-12(3,4)10-15-7-8-16-10;1-5(2,3)4;/h5-8H2,1-4H3,(H,13,14)(H,15,16);(H2,1,2,3,4);1H2. The highest BCUT2D eigenvalue weighted by Crippen LogP contribution is 2.19. The fraction of sp³-hybridized carbons (Fsp3) is 0.833. The first-order chi connectivity index (χ1) is 10.4. The first-order valence-corrected chi connectivity index (χ1v) is 8.53. The Morgan fingerprint density at radius 2 is 1.21 bits per heavy atom. The van der Waals surface area contributed by atoms with Crippen LogP contribution in [0.5, 0.6) is 0 Å². The van der Waals surface area contributed by atoms with Crippen LogP contribution in [0.4, 0.5) is 0 Å². The maximum absolute atomic E-state index is 8.74. The molecule has 6 N–H and O–H groups in total. The molecule has 0 aromatic heterocycles. The molecule has 0 bridgehead atoms. The molecule has 12 heteroatoms. The number of nitrogens with zero attached hydrogens (tertiary/aromatic N) is 4. The van der Waals surface area contributed by atoms with Crippen LogP contribution in [0.2, 0.25) is 0 Å². The minimum atomic E-state index is -4.67. The van der Waals surface area contributed by atoms with Crippen molar-refractivity contribution in [1.29, 1.82) is 0 Å². The Morgan fingerprint density at radius 3 is 1.42 bits per heavy atom. The Morgan fingerprint density at radius 1 is 0.917 bits per heavy atom. The first kappa shape index (κ1) is 22.4. The van der Waals surface area contributed by atoms with Gasteiger partial charge in [-0.25, -0.2) is 0 Å². The van der Waals surface area contributed by atoms with E-state index in [0.29, 0.717) is 0 Å². The lowest BCUT2D eigenvalue weighted by atomic mass is 10.0.